The summed E-state index contributed by atoms with van der Waals surface area (Å²) in [7, 11) is 0. The van der Waals surface area contributed by atoms with Crippen molar-refractivity contribution < 1.29 is 9.59 Å². The van der Waals surface area contributed by atoms with Crippen molar-refractivity contribution in [2.24, 2.45) is 0 Å². The largest absolute Gasteiger partial charge is 0.334 e. The Morgan fingerprint density at radius 2 is 1.86 bits per heavy atom. The van der Waals surface area contributed by atoms with E-state index in [1.54, 1.807) is 4.90 Å². The molecule has 0 bridgehead atoms. The first-order valence-corrected chi connectivity index (χ1v) is 7.20. The first kappa shape index (κ1) is 15.4. The Morgan fingerprint density at radius 3 is 2.43 bits per heavy atom. The number of hydrogen-bond donors (Lipinski definition) is 2. The van der Waals surface area contributed by atoms with Gasteiger partial charge >= 0.3 is 6.03 Å². The molecule has 0 aromatic heterocycles. The molecule has 114 valence electrons. The number of aryl methyl sites for hydroxylation is 1. The number of anilines is 1. The maximum absolute atomic E-state index is 12.1. The molecular formula is C16H23N3O2. The normalized spacial score (nSPS) is 18.8. The second-order valence-corrected chi connectivity index (χ2v) is 6.59. The first-order valence-electron chi connectivity index (χ1n) is 7.20. The number of urea groups is 1. The molecule has 1 aliphatic heterocycles. The van der Waals surface area contributed by atoms with E-state index in [4.69, 9.17) is 0 Å². The molecule has 1 fully saturated rings. The number of hydrogen-bond acceptors (Lipinski definition) is 2. The van der Waals surface area contributed by atoms with E-state index in [9.17, 15) is 9.59 Å². The zero-order valence-corrected chi connectivity index (χ0v) is 13.1. The summed E-state index contributed by atoms with van der Waals surface area (Å²) in [6.07, 6.45) is 0.339. The van der Waals surface area contributed by atoms with E-state index in [0.29, 0.717) is 13.0 Å². The monoisotopic (exact) mass is 289 g/mol. The highest BCUT2D eigenvalue weighted by Gasteiger charge is 2.31. The molecule has 0 spiro atoms. The van der Waals surface area contributed by atoms with Crippen LogP contribution in [0.2, 0.25) is 0 Å². The van der Waals surface area contributed by atoms with Gasteiger partial charge in [0.15, 0.2) is 0 Å². The third-order valence-electron chi connectivity index (χ3n) is 3.29. The molecule has 1 atom stereocenters. The number of nitrogens with zero attached hydrogens (tertiary/aromatic N) is 1. The van der Waals surface area contributed by atoms with Crippen LogP contribution < -0.4 is 15.5 Å². The summed E-state index contributed by atoms with van der Waals surface area (Å²) in [4.78, 5) is 25.7. The Morgan fingerprint density at radius 1 is 1.24 bits per heavy atom. The minimum absolute atomic E-state index is 0.0416. The number of carbonyl (C=O) groups excluding carboxylic acids is 2. The van der Waals surface area contributed by atoms with Crippen molar-refractivity contribution in [1.82, 2.24) is 10.6 Å². The van der Waals surface area contributed by atoms with Crippen molar-refractivity contribution in [3.8, 4) is 0 Å². The summed E-state index contributed by atoms with van der Waals surface area (Å²) < 4.78 is 0. The lowest BCUT2D eigenvalue weighted by molar-refractivity contribution is -0.117. The van der Waals surface area contributed by atoms with Gasteiger partial charge in [0.25, 0.3) is 0 Å². The SMILES string of the molecule is Cc1ccc(N2CC(NC(=O)NC(C)(C)C)CC2=O)cc1. The third-order valence-corrected chi connectivity index (χ3v) is 3.29. The molecule has 3 amide bonds. The van der Waals surface area contributed by atoms with Crippen LogP contribution in [0.5, 0.6) is 0 Å². The van der Waals surface area contributed by atoms with Gasteiger partial charge in [-0.25, -0.2) is 4.79 Å². The summed E-state index contributed by atoms with van der Waals surface area (Å²) >= 11 is 0. The Balaban J connectivity index is 1.96. The standard InChI is InChI=1S/C16H23N3O2/c1-11-5-7-13(8-6-11)19-10-12(9-14(19)20)17-15(21)18-16(2,3)4/h5-8,12H,9-10H2,1-4H3,(H2,17,18,21). The molecule has 1 saturated heterocycles. The maximum atomic E-state index is 12.1. The van der Waals surface area contributed by atoms with Crippen molar-refractivity contribution in [1.29, 1.82) is 0 Å². The Bertz CT molecular complexity index is 531. The van der Waals surface area contributed by atoms with Crippen LogP contribution in [0.15, 0.2) is 24.3 Å². The minimum Gasteiger partial charge on any atom is -0.334 e. The quantitative estimate of drug-likeness (QED) is 0.876. The number of rotatable bonds is 2. The van der Waals surface area contributed by atoms with Crippen LogP contribution in [-0.4, -0.2) is 30.1 Å². The first-order chi connectivity index (χ1) is 9.74. The Labute approximate surface area is 125 Å². The highest BCUT2D eigenvalue weighted by molar-refractivity contribution is 5.96. The molecule has 21 heavy (non-hydrogen) atoms. The molecule has 1 heterocycles. The van der Waals surface area contributed by atoms with Crippen molar-refractivity contribution in [2.75, 3.05) is 11.4 Å². The molecular weight excluding hydrogens is 266 g/mol. The van der Waals surface area contributed by atoms with Crippen LogP contribution in [0, 0.1) is 6.92 Å². The molecule has 1 aliphatic rings. The van der Waals surface area contributed by atoms with E-state index >= 15 is 0 Å². The summed E-state index contributed by atoms with van der Waals surface area (Å²) in [5.41, 5.74) is 1.75. The zero-order valence-electron chi connectivity index (χ0n) is 13.1. The van der Waals surface area contributed by atoms with Gasteiger partial charge in [-0.3, -0.25) is 4.79 Å². The average Bonchev–Trinajstić information content (AvgIpc) is 2.68. The van der Waals surface area contributed by atoms with Gasteiger partial charge in [-0.05, 0) is 39.8 Å². The summed E-state index contributed by atoms with van der Waals surface area (Å²) in [5.74, 6) is 0.0416. The van der Waals surface area contributed by atoms with Crippen LogP contribution in [0.25, 0.3) is 0 Å². The number of nitrogens with one attached hydrogen (secondary N) is 2. The third kappa shape index (κ3) is 4.21. The lowest BCUT2D eigenvalue weighted by Crippen LogP contribution is -2.50. The number of benzene rings is 1. The van der Waals surface area contributed by atoms with Crippen LogP contribution in [0.3, 0.4) is 0 Å². The number of carbonyl (C=O) groups is 2. The fourth-order valence-electron chi connectivity index (χ4n) is 2.34. The molecule has 1 unspecified atom stereocenters. The van der Waals surface area contributed by atoms with Crippen LogP contribution >= 0.6 is 0 Å². The molecule has 2 N–H and O–H groups in total. The summed E-state index contributed by atoms with van der Waals surface area (Å²) in [5, 5.41) is 5.71. The predicted octanol–water partition coefficient (Wildman–Crippen LogP) is 2.20. The molecule has 1 aromatic rings. The highest BCUT2D eigenvalue weighted by atomic mass is 16.2. The fourth-order valence-corrected chi connectivity index (χ4v) is 2.34. The van der Waals surface area contributed by atoms with Gasteiger partial charge in [-0.1, -0.05) is 17.7 Å². The van der Waals surface area contributed by atoms with Crippen LogP contribution in [0.1, 0.15) is 32.8 Å². The molecule has 5 heteroatoms. The van der Waals surface area contributed by atoms with Gasteiger partial charge < -0.3 is 15.5 Å². The lowest BCUT2D eigenvalue weighted by Gasteiger charge is -2.23. The highest BCUT2D eigenvalue weighted by Crippen LogP contribution is 2.21. The zero-order chi connectivity index (χ0) is 15.6. The van der Waals surface area contributed by atoms with Crippen molar-refractivity contribution in [3.63, 3.8) is 0 Å². The fraction of sp³-hybridized carbons (Fsp3) is 0.500. The summed E-state index contributed by atoms with van der Waals surface area (Å²) in [6, 6.07) is 7.45. The molecule has 2 rings (SSSR count). The topological polar surface area (TPSA) is 61.4 Å². The maximum Gasteiger partial charge on any atom is 0.315 e. The van der Waals surface area contributed by atoms with Gasteiger partial charge in [0, 0.05) is 24.2 Å². The minimum atomic E-state index is -0.288. The van der Waals surface area contributed by atoms with Crippen LogP contribution in [-0.2, 0) is 4.79 Å². The molecule has 0 saturated carbocycles. The lowest BCUT2D eigenvalue weighted by atomic mass is 10.1. The molecule has 0 aliphatic carbocycles. The molecule has 0 radical (unpaired) electrons. The van der Waals surface area contributed by atoms with Crippen molar-refractivity contribution in [3.05, 3.63) is 29.8 Å². The van der Waals surface area contributed by atoms with E-state index in [0.717, 1.165) is 11.3 Å². The van der Waals surface area contributed by atoms with E-state index in [1.807, 2.05) is 52.0 Å². The van der Waals surface area contributed by atoms with Gasteiger partial charge in [-0.2, -0.15) is 0 Å². The van der Waals surface area contributed by atoms with Gasteiger partial charge in [-0.15, -0.1) is 0 Å². The van der Waals surface area contributed by atoms with Crippen molar-refractivity contribution in [2.45, 2.75) is 45.7 Å². The molecule has 1 aromatic carbocycles. The van der Waals surface area contributed by atoms with E-state index < -0.39 is 0 Å². The smallest absolute Gasteiger partial charge is 0.315 e. The average molecular weight is 289 g/mol. The predicted molar refractivity (Wildman–Crippen MR) is 83.4 cm³/mol. The Hall–Kier alpha value is -2.04. The van der Waals surface area contributed by atoms with E-state index in [-0.39, 0.29) is 23.5 Å². The number of amides is 3. The van der Waals surface area contributed by atoms with Gasteiger partial charge in [0.1, 0.15) is 0 Å². The summed E-state index contributed by atoms with van der Waals surface area (Å²) in [6.45, 7) is 8.29. The molecule has 5 nitrogen and oxygen atoms in total. The van der Waals surface area contributed by atoms with E-state index in [2.05, 4.69) is 10.6 Å². The second kappa shape index (κ2) is 5.76. The van der Waals surface area contributed by atoms with Crippen LogP contribution in [0.4, 0.5) is 10.5 Å². The Kier molecular flexibility index (Phi) is 4.21. The van der Waals surface area contributed by atoms with E-state index in [1.165, 1.54) is 0 Å². The van der Waals surface area contributed by atoms with Crippen molar-refractivity contribution >= 4 is 17.6 Å². The van der Waals surface area contributed by atoms with Gasteiger partial charge in [0.05, 0.1) is 6.04 Å². The second-order valence-electron chi connectivity index (χ2n) is 6.59. The van der Waals surface area contributed by atoms with Gasteiger partial charge in [0.2, 0.25) is 5.91 Å².